The fourth-order valence-corrected chi connectivity index (χ4v) is 7.49. The second kappa shape index (κ2) is 6.89. The van der Waals surface area contributed by atoms with Crippen LogP contribution in [-0.2, 0) is 20.5 Å². The van der Waals surface area contributed by atoms with Crippen LogP contribution in [0.3, 0.4) is 0 Å². The van der Waals surface area contributed by atoms with Gasteiger partial charge in [-0.05, 0) is 43.5 Å². The maximum absolute atomic E-state index is 14.6. The van der Waals surface area contributed by atoms with E-state index in [2.05, 4.69) is 15.5 Å². The van der Waals surface area contributed by atoms with Gasteiger partial charge in [0.15, 0.2) is 5.78 Å². The third-order valence-electron chi connectivity index (χ3n) is 8.69. The van der Waals surface area contributed by atoms with Gasteiger partial charge < -0.3 is 10.6 Å². The molecule has 2 fully saturated rings. The summed E-state index contributed by atoms with van der Waals surface area (Å²) < 4.78 is 0. The molecule has 0 unspecified atom stereocenters. The second-order valence-corrected chi connectivity index (χ2v) is 10.1. The molecule has 0 aromatic heterocycles. The number of rotatable bonds is 2. The van der Waals surface area contributed by atoms with Gasteiger partial charge in [-0.3, -0.25) is 19.3 Å². The summed E-state index contributed by atoms with van der Waals surface area (Å²) in [7, 11) is 0. The van der Waals surface area contributed by atoms with Gasteiger partial charge in [-0.2, -0.15) is 0 Å². The van der Waals surface area contributed by atoms with E-state index in [0.29, 0.717) is 12.1 Å². The smallest absolute Gasteiger partial charge is 0.250 e. The average molecular weight is 464 g/mol. The Labute approximate surface area is 203 Å². The number of aryl methyl sites for hydroxylation is 1. The van der Waals surface area contributed by atoms with Gasteiger partial charge in [0.25, 0.3) is 0 Å². The number of Topliss-reactive ketones (excluding diaryl/α,β-unsaturated/α-hetero) is 1. The van der Waals surface area contributed by atoms with Crippen LogP contribution in [0, 0.1) is 12.8 Å². The van der Waals surface area contributed by atoms with Crippen molar-refractivity contribution >= 4 is 29.0 Å². The molecule has 174 valence electrons. The number of ketones is 1. The molecule has 4 heterocycles. The number of fused-ring (bicyclic) bond motifs is 7. The van der Waals surface area contributed by atoms with Gasteiger partial charge in [0, 0.05) is 28.5 Å². The van der Waals surface area contributed by atoms with Crippen LogP contribution in [0.4, 0.5) is 11.4 Å². The van der Waals surface area contributed by atoms with E-state index in [-0.39, 0.29) is 23.6 Å². The Morgan fingerprint density at radius 2 is 1.63 bits per heavy atom. The van der Waals surface area contributed by atoms with Crippen molar-refractivity contribution in [2.75, 3.05) is 17.2 Å². The van der Waals surface area contributed by atoms with E-state index in [1.54, 1.807) is 12.1 Å². The van der Waals surface area contributed by atoms with Gasteiger partial charge >= 0.3 is 0 Å². The molecule has 2 saturated heterocycles. The van der Waals surface area contributed by atoms with Crippen LogP contribution in [0.1, 0.15) is 39.9 Å². The van der Waals surface area contributed by atoms with Crippen LogP contribution in [0.2, 0.25) is 0 Å². The molecule has 6 nitrogen and oxygen atoms in total. The average Bonchev–Trinajstić information content (AvgIpc) is 3.59. The minimum atomic E-state index is -1.26. The van der Waals surface area contributed by atoms with Gasteiger partial charge in [0.1, 0.15) is 11.0 Å². The number of carbonyl (C=O) groups excluding carboxylic acids is 3. The Balaban J connectivity index is 1.60. The Bertz CT molecular complexity index is 1430. The highest BCUT2D eigenvalue weighted by molar-refractivity contribution is 6.19. The van der Waals surface area contributed by atoms with Gasteiger partial charge in [0.05, 0.1) is 5.92 Å². The molecule has 6 heteroatoms. The molecule has 4 aliphatic rings. The van der Waals surface area contributed by atoms with E-state index in [9.17, 15) is 14.4 Å². The molecule has 2 spiro atoms. The summed E-state index contributed by atoms with van der Waals surface area (Å²) in [5.41, 5.74) is 2.16. The second-order valence-electron chi connectivity index (χ2n) is 10.1. The van der Waals surface area contributed by atoms with Crippen molar-refractivity contribution in [2.24, 2.45) is 5.92 Å². The molecule has 2 amide bonds. The minimum Gasteiger partial charge on any atom is -0.325 e. The Morgan fingerprint density at radius 3 is 2.46 bits per heavy atom. The lowest BCUT2D eigenvalue weighted by atomic mass is 9.60. The predicted molar refractivity (Wildman–Crippen MR) is 132 cm³/mol. The number of para-hydroxylation sites is 2. The summed E-state index contributed by atoms with van der Waals surface area (Å²) in [6.45, 7) is 2.62. The molecule has 35 heavy (non-hydrogen) atoms. The molecule has 7 rings (SSSR count). The highest BCUT2D eigenvalue weighted by Crippen LogP contribution is 2.66. The molecular formula is C29H25N3O3. The van der Waals surface area contributed by atoms with Crippen molar-refractivity contribution in [1.82, 2.24) is 4.90 Å². The third kappa shape index (κ3) is 2.26. The zero-order valence-corrected chi connectivity index (χ0v) is 19.4. The standard InChI is InChI=1S/C29H25N3O3/c1-17-9-7-13-20-23(17)31-27(35)29(20)25(24(33)18-10-3-2-4-11-18)28(22-15-8-16-32(22)29)19-12-5-6-14-21(19)30-26(28)34/h2-7,9-14,22,25H,8,15-16H2,1H3,(H,30,34)(H,31,35)/t22-,25-,28+,29+/m0/s1. The van der Waals surface area contributed by atoms with Crippen molar-refractivity contribution in [3.8, 4) is 0 Å². The van der Waals surface area contributed by atoms with Crippen LogP contribution in [0.15, 0.2) is 72.8 Å². The lowest BCUT2D eigenvalue weighted by molar-refractivity contribution is -0.128. The summed E-state index contributed by atoms with van der Waals surface area (Å²) in [5, 5.41) is 6.21. The maximum Gasteiger partial charge on any atom is 0.250 e. The molecular weight excluding hydrogens is 438 g/mol. The number of carbonyl (C=O) groups is 3. The van der Waals surface area contributed by atoms with E-state index in [0.717, 1.165) is 40.9 Å². The van der Waals surface area contributed by atoms with E-state index in [4.69, 9.17) is 0 Å². The zero-order valence-electron chi connectivity index (χ0n) is 19.4. The molecule has 4 atom stereocenters. The fraction of sp³-hybridized carbons (Fsp3) is 0.276. The van der Waals surface area contributed by atoms with Crippen LogP contribution < -0.4 is 10.6 Å². The van der Waals surface area contributed by atoms with E-state index >= 15 is 0 Å². The van der Waals surface area contributed by atoms with E-state index in [1.165, 1.54) is 0 Å². The van der Waals surface area contributed by atoms with Crippen LogP contribution in [0.25, 0.3) is 0 Å². The third-order valence-corrected chi connectivity index (χ3v) is 8.69. The number of benzene rings is 3. The number of hydrogen-bond donors (Lipinski definition) is 2. The number of nitrogens with one attached hydrogen (secondary N) is 2. The molecule has 0 saturated carbocycles. The van der Waals surface area contributed by atoms with Gasteiger partial charge in [0.2, 0.25) is 11.8 Å². The Kier molecular flexibility index (Phi) is 4.05. The van der Waals surface area contributed by atoms with Crippen LogP contribution in [-0.4, -0.2) is 35.1 Å². The Hall–Kier alpha value is -3.77. The topological polar surface area (TPSA) is 78.5 Å². The maximum atomic E-state index is 14.6. The normalized spacial score (nSPS) is 30.3. The number of hydrogen-bond acceptors (Lipinski definition) is 4. The summed E-state index contributed by atoms with van der Waals surface area (Å²) in [4.78, 5) is 45.2. The predicted octanol–water partition coefficient (Wildman–Crippen LogP) is 4.01. The van der Waals surface area contributed by atoms with E-state index < -0.39 is 16.9 Å². The first-order valence-electron chi connectivity index (χ1n) is 12.2. The zero-order chi connectivity index (χ0) is 23.9. The summed E-state index contributed by atoms with van der Waals surface area (Å²) in [5.74, 6) is -1.47. The quantitative estimate of drug-likeness (QED) is 0.563. The van der Waals surface area contributed by atoms with E-state index in [1.807, 2.05) is 67.6 Å². The van der Waals surface area contributed by atoms with Gasteiger partial charge in [-0.15, -0.1) is 0 Å². The van der Waals surface area contributed by atoms with Crippen molar-refractivity contribution < 1.29 is 14.4 Å². The number of anilines is 2. The van der Waals surface area contributed by atoms with Crippen molar-refractivity contribution in [1.29, 1.82) is 0 Å². The lowest BCUT2D eigenvalue weighted by Crippen LogP contribution is -2.55. The molecule has 2 N–H and O–H groups in total. The fourth-order valence-electron chi connectivity index (χ4n) is 7.49. The molecule has 0 bridgehead atoms. The first kappa shape index (κ1) is 20.6. The summed E-state index contributed by atoms with van der Waals surface area (Å²) >= 11 is 0. The highest BCUT2D eigenvalue weighted by Gasteiger charge is 2.78. The van der Waals surface area contributed by atoms with Crippen LogP contribution >= 0.6 is 0 Å². The molecule has 4 aliphatic heterocycles. The van der Waals surface area contributed by atoms with Gasteiger partial charge in [-0.25, -0.2) is 0 Å². The van der Waals surface area contributed by atoms with Crippen molar-refractivity contribution in [3.63, 3.8) is 0 Å². The molecule has 0 aliphatic carbocycles. The van der Waals surface area contributed by atoms with Gasteiger partial charge in [-0.1, -0.05) is 66.7 Å². The molecule has 3 aromatic carbocycles. The Morgan fingerprint density at radius 1 is 0.886 bits per heavy atom. The van der Waals surface area contributed by atoms with Crippen molar-refractivity contribution in [3.05, 3.63) is 95.1 Å². The first-order chi connectivity index (χ1) is 17.0. The highest BCUT2D eigenvalue weighted by atomic mass is 16.2. The summed E-state index contributed by atoms with van der Waals surface area (Å²) in [6, 6.07) is 22.4. The molecule has 0 radical (unpaired) electrons. The lowest BCUT2D eigenvalue weighted by Gasteiger charge is -2.38. The monoisotopic (exact) mass is 463 g/mol. The number of amides is 2. The largest absolute Gasteiger partial charge is 0.325 e. The minimum absolute atomic E-state index is 0.170. The van der Waals surface area contributed by atoms with Crippen LogP contribution in [0.5, 0.6) is 0 Å². The molecule has 3 aromatic rings. The number of nitrogens with zero attached hydrogens (tertiary/aromatic N) is 1. The van der Waals surface area contributed by atoms with Crippen molar-refractivity contribution in [2.45, 2.75) is 36.8 Å². The first-order valence-corrected chi connectivity index (χ1v) is 12.2. The SMILES string of the molecule is Cc1cccc2c1NC(=O)[C@]21[C@@H](C(=O)c2ccccc2)[C@]2(C(=O)Nc3ccccc32)[C@@H]2CCCN21. The summed E-state index contributed by atoms with van der Waals surface area (Å²) in [6.07, 6.45) is 1.61.